The average Bonchev–Trinajstić information content (AvgIpc) is 2.62. The van der Waals surface area contributed by atoms with E-state index in [0.29, 0.717) is 0 Å². The van der Waals surface area contributed by atoms with E-state index in [1.54, 1.807) is 0 Å². The lowest BCUT2D eigenvalue weighted by Gasteiger charge is -2.33. The maximum atomic E-state index is 13.6. The first-order valence-corrected chi connectivity index (χ1v) is 8.23. The lowest BCUT2D eigenvalue weighted by Crippen LogP contribution is -2.41. The number of aliphatic hydroxyl groups excluding tert-OH is 1. The Morgan fingerprint density at radius 3 is 2.76 bits per heavy atom. The Bertz CT molecular complexity index is 442. The van der Waals surface area contributed by atoms with Gasteiger partial charge in [-0.15, -0.1) is 0 Å². The minimum Gasteiger partial charge on any atom is -0.394 e. The van der Waals surface area contributed by atoms with Gasteiger partial charge in [0, 0.05) is 5.69 Å². The minimum atomic E-state index is -0.289. The standard InChI is InChI=1S/C18H28FNO/c1-3-5-15-6-4-8-18(13-21,9-7-15)20-17-11-14(2)10-16(19)12-17/h10-12,15,20-21H,3-9,13H2,1-2H3. The summed E-state index contributed by atoms with van der Waals surface area (Å²) in [6.45, 7) is 4.24. The van der Waals surface area contributed by atoms with Gasteiger partial charge in [-0.25, -0.2) is 4.39 Å². The van der Waals surface area contributed by atoms with Gasteiger partial charge in [0.15, 0.2) is 0 Å². The molecular weight excluding hydrogens is 265 g/mol. The van der Waals surface area contributed by atoms with Crippen LogP contribution in [0.3, 0.4) is 0 Å². The highest BCUT2D eigenvalue weighted by Gasteiger charge is 2.32. The molecular formula is C18H28FNO. The van der Waals surface area contributed by atoms with E-state index in [1.807, 2.05) is 13.0 Å². The number of nitrogens with one attached hydrogen (secondary N) is 1. The molecule has 2 N–H and O–H groups in total. The molecule has 2 rings (SSSR count). The summed E-state index contributed by atoms with van der Waals surface area (Å²) in [7, 11) is 0. The molecule has 1 aromatic carbocycles. The summed E-state index contributed by atoms with van der Waals surface area (Å²) in [5.74, 6) is 0.558. The normalized spacial score (nSPS) is 26.4. The highest BCUT2D eigenvalue weighted by Crippen LogP contribution is 2.35. The first-order valence-electron chi connectivity index (χ1n) is 8.23. The fraction of sp³-hybridized carbons (Fsp3) is 0.667. The van der Waals surface area contributed by atoms with Crippen LogP contribution in [0.25, 0.3) is 0 Å². The van der Waals surface area contributed by atoms with Crippen LogP contribution in [0.4, 0.5) is 10.1 Å². The van der Waals surface area contributed by atoms with Crippen molar-refractivity contribution in [2.45, 2.75) is 64.3 Å². The molecule has 0 saturated heterocycles. The van der Waals surface area contributed by atoms with Crippen molar-refractivity contribution >= 4 is 5.69 Å². The number of benzene rings is 1. The van der Waals surface area contributed by atoms with Gasteiger partial charge in [-0.2, -0.15) is 0 Å². The predicted octanol–water partition coefficient (Wildman–Crippen LogP) is 4.66. The van der Waals surface area contributed by atoms with Gasteiger partial charge in [-0.05, 0) is 55.9 Å². The molecule has 1 aromatic rings. The van der Waals surface area contributed by atoms with Crippen LogP contribution in [-0.2, 0) is 0 Å². The summed E-state index contributed by atoms with van der Waals surface area (Å²) in [5.41, 5.74) is 1.40. The fourth-order valence-electron chi connectivity index (χ4n) is 3.61. The molecule has 1 fully saturated rings. The van der Waals surface area contributed by atoms with E-state index in [9.17, 15) is 9.50 Å². The molecule has 2 atom stereocenters. The summed E-state index contributed by atoms with van der Waals surface area (Å²) < 4.78 is 13.6. The highest BCUT2D eigenvalue weighted by atomic mass is 19.1. The number of anilines is 1. The van der Waals surface area contributed by atoms with E-state index in [-0.39, 0.29) is 18.0 Å². The Morgan fingerprint density at radius 2 is 2.10 bits per heavy atom. The van der Waals surface area contributed by atoms with Gasteiger partial charge in [0.25, 0.3) is 0 Å². The van der Waals surface area contributed by atoms with Gasteiger partial charge < -0.3 is 10.4 Å². The number of halogens is 1. The molecule has 2 unspecified atom stereocenters. The zero-order chi connectivity index (χ0) is 15.3. The quantitative estimate of drug-likeness (QED) is 0.774. The molecule has 0 spiro atoms. The molecule has 0 aliphatic heterocycles. The molecule has 0 bridgehead atoms. The van der Waals surface area contributed by atoms with Gasteiger partial charge in [-0.1, -0.05) is 32.6 Å². The van der Waals surface area contributed by atoms with Crippen LogP contribution in [0.5, 0.6) is 0 Å². The third kappa shape index (κ3) is 4.44. The van der Waals surface area contributed by atoms with Crippen molar-refractivity contribution in [1.82, 2.24) is 0 Å². The topological polar surface area (TPSA) is 32.3 Å². The monoisotopic (exact) mass is 293 g/mol. The van der Waals surface area contributed by atoms with E-state index in [4.69, 9.17) is 0 Å². The first-order chi connectivity index (χ1) is 10.1. The number of hydrogen-bond donors (Lipinski definition) is 2. The van der Waals surface area contributed by atoms with Crippen LogP contribution in [-0.4, -0.2) is 17.3 Å². The Kier molecular flexibility index (Phi) is 5.63. The van der Waals surface area contributed by atoms with Crippen molar-refractivity contribution in [3.05, 3.63) is 29.6 Å². The van der Waals surface area contributed by atoms with Crippen LogP contribution < -0.4 is 5.32 Å². The Morgan fingerprint density at radius 1 is 1.29 bits per heavy atom. The third-order valence-corrected chi connectivity index (χ3v) is 4.75. The maximum absolute atomic E-state index is 13.6. The molecule has 1 aliphatic carbocycles. The summed E-state index contributed by atoms with van der Waals surface area (Å²) in [4.78, 5) is 0. The summed E-state index contributed by atoms with van der Waals surface area (Å²) in [5, 5.41) is 13.4. The van der Waals surface area contributed by atoms with Gasteiger partial charge in [-0.3, -0.25) is 0 Å². The second-order valence-electron chi connectivity index (χ2n) is 6.67. The molecule has 3 heteroatoms. The molecule has 1 aliphatic rings. The Labute approximate surface area is 127 Å². The number of hydrogen-bond acceptors (Lipinski definition) is 2. The van der Waals surface area contributed by atoms with Crippen LogP contribution in [0.1, 0.15) is 57.4 Å². The first kappa shape index (κ1) is 16.3. The Balaban J connectivity index is 2.10. The summed E-state index contributed by atoms with van der Waals surface area (Å²) >= 11 is 0. The van der Waals surface area contributed by atoms with E-state index >= 15 is 0 Å². The largest absolute Gasteiger partial charge is 0.394 e. The number of aryl methyl sites for hydroxylation is 1. The maximum Gasteiger partial charge on any atom is 0.125 e. The van der Waals surface area contributed by atoms with Gasteiger partial charge >= 0.3 is 0 Å². The lowest BCUT2D eigenvalue weighted by atomic mass is 9.89. The Hall–Kier alpha value is -1.09. The van der Waals surface area contributed by atoms with Crippen molar-refractivity contribution in [2.24, 2.45) is 5.92 Å². The number of aliphatic hydroxyl groups is 1. The van der Waals surface area contributed by atoms with Gasteiger partial charge in [0.2, 0.25) is 0 Å². The van der Waals surface area contributed by atoms with E-state index in [0.717, 1.165) is 42.9 Å². The molecule has 0 heterocycles. The molecule has 0 aromatic heterocycles. The molecule has 1 saturated carbocycles. The van der Waals surface area contributed by atoms with Gasteiger partial charge in [0.1, 0.15) is 5.82 Å². The molecule has 0 radical (unpaired) electrons. The van der Waals surface area contributed by atoms with Gasteiger partial charge in [0.05, 0.1) is 12.1 Å². The fourth-order valence-corrected chi connectivity index (χ4v) is 3.61. The van der Waals surface area contributed by atoms with Crippen molar-refractivity contribution in [1.29, 1.82) is 0 Å². The average molecular weight is 293 g/mol. The molecule has 0 amide bonds. The molecule has 21 heavy (non-hydrogen) atoms. The third-order valence-electron chi connectivity index (χ3n) is 4.75. The van der Waals surface area contributed by atoms with Crippen LogP contribution in [0, 0.1) is 18.7 Å². The summed E-state index contributed by atoms with van der Waals surface area (Å²) in [6, 6.07) is 5.01. The SMILES string of the molecule is CCCC1CCCC(CO)(Nc2cc(C)cc(F)c2)CC1. The number of rotatable bonds is 5. The van der Waals surface area contributed by atoms with Crippen molar-refractivity contribution in [3.8, 4) is 0 Å². The zero-order valence-corrected chi connectivity index (χ0v) is 13.3. The van der Waals surface area contributed by atoms with Crippen LogP contribution in [0.15, 0.2) is 18.2 Å². The minimum absolute atomic E-state index is 0.113. The van der Waals surface area contributed by atoms with E-state index < -0.39 is 0 Å². The van der Waals surface area contributed by atoms with E-state index in [2.05, 4.69) is 12.2 Å². The zero-order valence-electron chi connectivity index (χ0n) is 13.3. The second-order valence-corrected chi connectivity index (χ2v) is 6.67. The van der Waals surface area contributed by atoms with Crippen LogP contribution >= 0.6 is 0 Å². The van der Waals surface area contributed by atoms with Crippen molar-refractivity contribution in [2.75, 3.05) is 11.9 Å². The van der Waals surface area contributed by atoms with Crippen molar-refractivity contribution < 1.29 is 9.50 Å². The second kappa shape index (κ2) is 7.26. The van der Waals surface area contributed by atoms with Crippen molar-refractivity contribution in [3.63, 3.8) is 0 Å². The van der Waals surface area contributed by atoms with Crippen LogP contribution in [0.2, 0.25) is 0 Å². The predicted molar refractivity (Wildman–Crippen MR) is 86.1 cm³/mol. The molecule has 118 valence electrons. The smallest absolute Gasteiger partial charge is 0.125 e. The van der Waals surface area contributed by atoms with E-state index in [1.165, 1.54) is 31.4 Å². The lowest BCUT2D eigenvalue weighted by molar-refractivity contribution is 0.194. The summed E-state index contributed by atoms with van der Waals surface area (Å²) in [6.07, 6.45) is 7.96. The molecule has 2 nitrogen and oxygen atoms in total. The highest BCUT2D eigenvalue weighted by molar-refractivity contribution is 5.48.